The third kappa shape index (κ3) is 2.79. The average molecular weight is 299 g/mol. The summed E-state index contributed by atoms with van der Waals surface area (Å²) in [6, 6.07) is 7.17. The minimum Gasteiger partial charge on any atom is -0.478 e. The highest BCUT2D eigenvalue weighted by molar-refractivity contribution is 6.30. The lowest BCUT2D eigenvalue weighted by atomic mass is 9.96. The second kappa shape index (κ2) is 5.56. The van der Waals surface area contributed by atoms with Gasteiger partial charge in [-0.05, 0) is 29.8 Å². The van der Waals surface area contributed by atoms with Gasteiger partial charge in [-0.25, -0.2) is 13.6 Å². The van der Waals surface area contributed by atoms with Crippen molar-refractivity contribution in [2.75, 3.05) is 0 Å². The van der Waals surface area contributed by atoms with Gasteiger partial charge in [0.25, 0.3) is 0 Å². The molecule has 0 aliphatic carbocycles. The van der Waals surface area contributed by atoms with Crippen LogP contribution in [-0.2, 0) is 0 Å². The zero-order valence-corrected chi connectivity index (χ0v) is 10.7. The zero-order valence-electron chi connectivity index (χ0n) is 9.98. The van der Waals surface area contributed by atoms with Crippen molar-refractivity contribution in [2.45, 2.75) is 6.10 Å². The molecule has 1 unspecified atom stereocenters. The summed E-state index contributed by atoms with van der Waals surface area (Å²) in [6.07, 6.45) is -1.39. The van der Waals surface area contributed by atoms with Crippen LogP contribution in [-0.4, -0.2) is 16.2 Å². The smallest absolute Gasteiger partial charge is 0.336 e. The van der Waals surface area contributed by atoms with E-state index in [1.54, 1.807) is 0 Å². The zero-order chi connectivity index (χ0) is 14.9. The molecule has 0 fully saturated rings. The van der Waals surface area contributed by atoms with Crippen molar-refractivity contribution < 1.29 is 23.8 Å². The number of hydrogen-bond acceptors (Lipinski definition) is 2. The van der Waals surface area contributed by atoms with Crippen molar-refractivity contribution in [1.29, 1.82) is 0 Å². The van der Waals surface area contributed by atoms with Crippen molar-refractivity contribution in [3.63, 3.8) is 0 Å². The number of carboxylic acid groups (broad SMARTS) is 1. The number of halogens is 3. The summed E-state index contributed by atoms with van der Waals surface area (Å²) in [5.41, 5.74) is -0.395. The maximum atomic E-state index is 13.3. The first kappa shape index (κ1) is 14.4. The van der Waals surface area contributed by atoms with Crippen molar-refractivity contribution in [3.05, 3.63) is 69.7 Å². The first-order valence-corrected chi connectivity index (χ1v) is 5.93. The first-order chi connectivity index (χ1) is 9.40. The summed E-state index contributed by atoms with van der Waals surface area (Å²) in [4.78, 5) is 11.1. The van der Waals surface area contributed by atoms with E-state index in [0.717, 1.165) is 0 Å². The second-order valence-electron chi connectivity index (χ2n) is 4.11. The fourth-order valence-corrected chi connectivity index (χ4v) is 1.92. The monoisotopic (exact) mass is 298 g/mol. The average Bonchev–Trinajstić information content (AvgIpc) is 2.41. The summed E-state index contributed by atoms with van der Waals surface area (Å²) in [6.45, 7) is 0. The Morgan fingerprint density at radius 2 is 1.65 bits per heavy atom. The Hall–Kier alpha value is -1.98. The third-order valence-corrected chi connectivity index (χ3v) is 3.06. The molecule has 2 N–H and O–H groups in total. The quantitative estimate of drug-likeness (QED) is 0.913. The van der Waals surface area contributed by atoms with E-state index in [2.05, 4.69) is 0 Å². The molecule has 1 atom stereocenters. The SMILES string of the molecule is O=C(O)c1cc(F)c(F)cc1C(O)c1ccc(Cl)cc1. The van der Waals surface area contributed by atoms with Gasteiger partial charge >= 0.3 is 5.97 Å². The van der Waals surface area contributed by atoms with Gasteiger partial charge < -0.3 is 10.2 Å². The summed E-state index contributed by atoms with van der Waals surface area (Å²) < 4.78 is 26.4. The largest absolute Gasteiger partial charge is 0.478 e. The maximum Gasteiger partial charge on any atom is 0.336 e. The molecule has 0 spiro atoms. The molecule has 2 aromatic carbocycles. The van der Waals surface area contributed by atoms with E-state index in [4.69, 9.17) is 16.7 Å². The molecule has 0 aliphatic rings. The number of hydrogen-bond donors (Lipinski definition) is 2. The van der Waals surface area contributed by atoms with Gasteiger partial charge in [0, 0.05) is 10.6 Å². The number of aliphatic hydroxyl groups excluding tert-OH is 1. The van der Waals surface area contributed by atoms with Crippen LogP contribution in [0.25, 0.3) is 0 Å². The van der Waals surface area contributed by atoms with Crippen molar-refractivity contribution in [2.24, 2.45) is 0 Å². The molecule has 0 radical (unpaired) electrons. The predicted molar refractivity (Wildman–Crippen MR) is 68.8 cm³/mol. The number of benzene rings is 2. The van der Waals surface area contributed by atoms with E-state index in [1.165, 1.54) is 24.3 Å². The van der Waals surface area contributed by atoms with E-state index in [0.29, 0.717) is 22.7 Å². The molecule has 3 nitrogen and oxygen atoms in total. The van der Waals surface area contributed by atoms with Crippen LogP contribution in [0.5, 0.6) is 0 Å². The Kier molecular flexibility index (Phi) is 4.01. The van der Waals surface area contributed by atoms with E-state index < -0.39 is 29.3 Å². The Bertz CT molecular complexity index is 656. The van der Waals surface area contributed by atoms with Crippen LogP contribution in [0.15, 0.2) is 36.4 Å². The third-order valence-electron chi connectivity index (χ3n) is 2.80. The Morgan fingerprint density at radius 3 is 2.20 bits per heavy atom. The van der Waals surface area contributed by atoms with Gasteiger partial charge in [0.2, 0.25) is 0 Å². The lowest BCUT2D eigenvalue weighted by molar-refractivity contribution is 0.0690. The fraction of sp³-hybridized carbons (Fsp3) is 0.0714. The molecule has 0 aromatic heterocycles. The van der Waals surface area contributed by atoms with E-state index >= 15 is 0 Å². The van der Waals surface area contributed by atoms with Crippen molar-refractivity contribution >= 4 is 17.6 Å². The van der Waals surface area contributed by atoms with E-state index in [9.17, 15) is 18.7 Å². The number of carboxylic acids is 1. The number of rotatable bonds is 3. The molecule has 2 rings (SSSR count). The number of carbonyl (C=O) groups is 1. The van der Waals surface area contributed by atoms with Crippen LogP contribution in [0.3, 0.4) is 0 Å². The number of aromatic carboxylic acids is 1. The summed E-state index contributed by atoms with van der Waals surface area (Å²) in [5, 5.41) is 19.6. The second-order valence-corrected chi connectivity index (χ2v) is 4.55. The Labute approximate surface area is 118 Å². The summed E-state index contributed by atoms with van der Waals surface area (Å²) >= 11 is 5.70. The minimum atomic E-state index is -1.45. The standard InChI is InChI=1S/C14H9ClF2O3/c15-8-3-1-7(2-4-8)13(18)9-5-11(16)12(17)6-10(9)14(19)20/h1-6,13,18H,(H,19,20). The van der Waals surface area contributed by atoms with Crippen LogP contribution in [0.4, 0.5) is 8.78 Å². The van der Waals surface area contributed by atoms with Gasteiger partial charge in [0.1, 0.15) is 6.10 Å². The van der Waals surface area contributed by atoms with Gasteiger partial charge in [-0.1, -0.05) is 23.7 Å². The molecular formula is C14H9ClF2O3. The van der Waals surface area contributed by atoms with Gasteiger partial charge in [-0.15, -0.1) is 0 Å². The van der Waals surface area contributed by atoms with Crippen molar-refractivity contribution in [1.82, 2.24) is 0 Å². The van der Waals surface area contributed by atoms with Crippen LogP contribution in [0, 0.1) is 11.6 Å². The van der Waals surface area contributed by atoms with Gasteiger partial charge in [-0.3, -0.25) is 0 Å². The summed E-state index contributed by atoms with van der Waals surface area (Å²) in [5.74, 6) is -3.96. The molecule has 0 heterocycles. The Balaban J connectivity index is 2.53. The van der Waals surface area contributed by atoms with Gasteiger partial charge in [-0.2, -0.15) is 0 Å². The molecule has 6 heteroatoms. The fourth-order valence-electron chi connectivity index (χ4n) is 1.80. The molecule has 20 heavy (non-hydrogen) atoms. The van der Waals surface area contributed by atoms with Crippen LogP contribution in [0.2, 0.25) is 5.02 Å². The van der Waals surface area contributed by atoms with E-state index in [-0.39, 0.29) is 5.56 Å². The molecule has 0 aliphatic heterocycles. The van der Waals surface area contributed by atoms with Crippen LogP contribution < -0.4 is 0 Å². The highest BCUT2D eigenvalue weighted by Crippen LogP contribution is 2.28. The molecular weight excluding hydrogens is 290 g/mol. The maximum absolute atomic E-state index is 13.3. The summed E-state index contributed by atoms with van der Waals surface area (Å²) in [7, 11) is 0. The highest BCUT2D eigenvalue weighted by atomic mass is 35.5. The topological polar surface area (TPSA) is 57.5 Å². The van der Waals surface area contributed by atoms with Crippen LogP contribution in [0.1, 0.15) is 27.6 Å². The van der Waals surface area contributed by atoms with Gasteiger partial charge in [0.15, 0.2) is 11.6 Å². The normalized spacial score (nSPS) is 12.2. The molecule has 0 bridgehead atoms. The van der Waals surface area contributed by atoms with E-state index in [1.807, 2.05) is 0 Å². The lowest BCUT2D eigenvalue weighted by Crippen LogP contribution is -2.10. The minimum absolute atomic E-state index is 0.223. The molecule has 0 saturated carbocycles. The predicted octanol–water partition coefficient (Wildman–Crippen LogP) is 3.40. The van der Waals surface area contributed by atoms with Gasteiger partial charge in [0.05, 0.1) is 5.56 Å². The molecule has 104 valence electrons. The molecule has 0 saturated heterocycles. The molecule has 2 aromatic rings. The molecule has 0 amide bonds. The Morgan fingerprint density at radius 1 is 1.10 bits per heavy atom. The van der Waals surface area contributed by atoms with Crippen molar-refractivity contribution in [3.8, 4) is 0 Å². The first-order valence-electron chi connectivity index (χ1n) is 5.56. The highest BCUT2D eigenvalue weighted by Gasteiger charge is 2.21. The number of aliphatic hydroxyl groups is 1. The van der Waals surface area contributed by atoms with Crippen LogP contribution >= 0.6 is 11.6 Å². The lowest BCUT2D eigenvalue weighted by Gasteiger charge is -2.14.